The molecule has 0 aliphatic carbocycles. The molecular formula is C15H14ClN3O2S. The number of thiazole rings is 1. The third-order valence-electron chi connectivity index (χ3n) is 4.01. The smallest absolute Gasteiger partial charge is 0.258 e. The van der Waals surface area contributed by atoms with Crippen molar-refractivity contribution in [3.63, 3.8) is 0 Å². The zero-order chi connectivity index (χ0) is 15.3. The van der Waals surface area contributed by atoms with Crippen molar-refractivity contribution >= 4 is 49.9 Å². The standard InChI is InChI=1S/C15H14ClN3O2S/c1-8-6-9(16)7-12-13(8)17-15(22-12)19-14(20)10-2-4-21-5-3-11(10)18-19/h6-7,10H,2-5H2,1H3. The first-order valence-corrected chi connectivity index (χ1v) is 8.39. The fourth-order valence-corrected chi connectivity index (χ4v) is 4.28. The van der Waals surface area contributed by atoms with Gasteiger partial charge in [0.1, 0.15) is 0 Å². The largest absolute Gasteiger partial charge is 0.381 e. The summed E-state index contributed by atoms with van der Waals surface area (Å²) in [5.41, 5.74) is 2.80. The van der Waals surface area contributed by atoms with Gasteiger partial charge in [-0.2, -0.15) is 10.1 Å². The quantitative estimate of drug-likeness (QED) is 0.802. The van der Waals surface area contributed by atoms with Crippen molar-refractivity contribution in [2.24, 2.45) is 11.0 Å². The summed E-state index contributed by atoms with van der Waals surface area (Å²) in [6.45, 7) is 3.21. The van der Waals surface area contributed by atoms with Crippen LogP contribution in [-0.2, 0) is 9.53 Å². The molecule has 5 nitrogen and oxygen atoms in total. The monoisotopic (exact) mass is 335 g/mol. The SMILES string of the molecule is Cc1cc(Cl)cc2sc(N3N=C4CCOCCC4C3=O)nc12. The summed E-state index contributed by atoms with van der Waals surface area (Å²) in [5, 5.41) is 7.27. The van der Waals surface area contributed by atoms with E-state index in [0.29, 0.717) is 36.2 Å². The molecule has 0 spiro atoms. The first-order chi connectivity index (χ1) is 10.6. The van der Waals surface area contributed by atoms with Gasteiger partial charge in [-0.25, -0.2) is 4.98 Å². The molecule has 1 amide bonds. The Morgan fingerprint density at radius 3 is 3.14 bits per heavy atom. The van der Waals surface area contributed by atoms with Gasteiger partial charge in [0, 0.05) is 18.1 Å². The summed E-state index contributed by atoms with van der Waals surface area (Å²) >= 11 is 7.54. The molecule has 4 rings (SSSR count). The van der Waals surface area contributed by atoms with Gasteiger partial charge in [-0.05, 0) is 31.0 Å². The molecule has 0 radical (unpaired) electrons. The highest BCUT2D eigenvalue weighted by atomic mass is 35.5. The minimum absolute atomic E-state index is 0.00306. The van der Waals surface area contributed by atoms with Crippen molar-refractivity contribution in [1.29, 1.82) is 0 Å². The van der Waals surface area contributed by atoms with Gasteiger partial charge in [-0.3, -0.25) is 4.79 Å². The molecule has 3 heterocycles. The molecule has 1 atom stereocenters. The molecule has 1 fully saturated rings. The number of hydrazone groups is 1. The minimum Gasteiger partial charge on any atom is -0.381 e. The zero-order valence-electron chi connectivity index (χ0n) is 12.0. The summed E-state index contributed by atoms with van der Waals surface area (Å²) in [6.07, 6.45) is 1.41. The van der Waals surface area contributed by atoms with E-state index in [1.807, 2.05) is 19.1 Å². The molecule has 2 aliphatic heterocycles. The van der Waals surface area contributed by atoms with E-state index < -0.39 is 0 Å². The number of hydrogen-bond donors (Lipinski definition) is 0. The lowest BCUT2D eigenvalue weighted by Crippen LogP contribution is -2.27. The third kappa shape index (κ3) is 2.22. The van der Waals surface area contributed by atoms with Crippen LogP contribution in [0.15, 0.2) is 17.2 Å². The minimum atomic E-state index is -0.154. The normalized spacial score (nSPS) is 21.9. The van der Waals surface area contributed by atoms with Crippen LogP contribution in [-0.4, -0.2) is 29.8 Å². The number of aromatic nitrogens is 1. The summed E-state index contributed by atoms with van der Waals surface area (Å²) in [6, 6.07) is 3.76. The molecule has 0 bridgehead atoms. The highest BCUT2D eigenvalue weighted by molar-refractivity contribution is 7.22. The van der Waals surface area contributed by atoms with Gasteiger partial charge >= 0.3 is 0 Å². The number of aryl methyl sites for hydroxylation is 1. The first kappa shape index (κ1) is 14.1. The van der Waals surface area contributed by atoms with Gasteiger partial charge in [-0.1, -0.05) is 22.9 Å². The van der Waals surface area contributed by atoms with Crippen LogP contribution in [0, 0.1) is 12.8 Å². The zero-order valence-corrected chi connectivity index (χ0v) is 13.6. The van der Waals surface area contributed by atoms with E-state index in [2.05, 4.69) is 10.1 Å². The third-order valence-corrected chi connectivity index (χ3v) is 5.21. The Labute approximate surface area is 136 Å². The Balaban J connectivity index is 1.76. The fourth-order valence-electron chi connectivity index (χ4n) is 2.90. The number of amides is 1. The van der Waals surface area contributed by atoms with Gasteiger partial charge in [0.15, 0.2) is 0 Å². The van der Waals surface area contributed by atoms with Crippen LogP contribution < -0.4 is 5.01 Å². The van der Waals surface area contributed by atoms with E-state index in [4.69, 9.17) is 16.3 Å². The lowest BCUT2D eigenvalue weighted by Gasteiger charge is -2.10. The van der Waals surface area contributed by atoms with Crippen molar-refractivity contribution in [1.82, 2.24) is 4.98 Å². The van der Waals surface area contributed by atoms with Gasteiger partial charge in [0.2, 0.25) is 5.13 Å². The molecule has 1 saturated heterocycles. The number of carbonyl (C=O) groups excluding carboxylic acids is 1. The van der Waals surface area contributed by atoms with E-state index in [1.165, 1.54) is 16.3 Å². The topological polar surface area (TPSA) is 54.8 Å². The van der Waals surface area contributed by atoms with Crippen LogP contribution in [0.25, 0.3) is 10.2 Å². The number of anilines is 1. The van der Waals surface area contributed by atoms with E-state index >= 15 is 0 Å². The second kappa shape index (κ2) is 5.30. The number of hydrogen-bond acceptors (Lipinski definition) is 5. The second-order valence-corrected chi connectivity index (χ2v) is 6.96. The Bertz CT molecular complexity index is 801. The lowest BCUT2D eigenvalue weighted by molar-refractivity contribution is -0.120. The number of benzene rings is 1. The van der Waals surface area contributed by atoms with Gasteiger partial charge in [-0.15, -0.1) is 0 Å². The number of nitrogens with zero attached hydrogens (tertiary/aromatic N) is 3. The first-order valence-electron chi connectivity index (χ1n) is 7.19. The number of rotatable bonds is 1. The molecule has 1 unspecified atom stereocenters. The number of carbonyl (C=O) groups is 1. The average molecular weight is 336 g/mol. The molecule has 0 N–H and O–H groups in total. The lowest BCUT2D eigenvalue weighted by atomic mass is 9.99. The summed E-state index contributed by atoms with van der Waals surface area (Å²) in [7, 11) is 0. The van der Waals surface area contributed by atoms with E-state index in [0.717, 1.165) is 21.5 Å². The maximum Gasteiger partial charge on any atom is 0.258 e. The predicted molar refractivity (Wildman–Crippen MR) is 87.8 cm³/mol. The van der Waals surface area contributed by atoms with E-state index in [1.54, 1.807) is 0 Å². The Morgan fingerprint density at radius 2 is 2.27 bits per heavy atom. The molecule has 1 aromatic heterocycles. The number of ether oxygens (including phenoxy) is 1. The second-order valence-electron chi connectivity index (χ2n) is 5.51. The highest BCUT2D eigenvalue weighted by Crippen LogP contribution is 2.36. The van der Waals surface area contributed by atoms with E-state index in [-0.39, 0.29) is 11.8 Å². The van der Waals surface area contributed by atoms with Crippen LogP contribution in [0.4, 0.5) is 5.13 Å². The number of halogens is 1. The van der Waals surface area contributed by atoms with Crippen molar-refractivity contribution in [2.75, 3.05) is 18.2 Å². The fraction of sp³-hybridized carbons (Fsp3) is 0.400. The summed E-state index contributed by atoms with van der Waals surface area (Å²) in [5.74, 6) is -0.150. The Morgan fingerprint density at radius 1 is 1.41 bits per heavy atom. The van der Waals surface area contributed by atoms with E-state index in [9.17, 15) is 4.79 Å². The van der Waals surface area contributed by atoms with Gasteiger partial charge in [0.05, 0.1) is 28.5 Å². The van der Waals surface area contributed by atoms with Crippen molar-refractivity contribution in [3.05, 3.63) is 22.7 Å². The summed E-state index contributed by atoms with van der Waals surface area (Å²) in [4.78, 5) is 17.2. The molecule has 114 valence electrons. The molecule has 2 aromatic rings. The molecule has 1 aromatic carbocycles. The van der Waals surface area contributed by atoms with Crippen LogP contribution in [0.3, 0.4) is 0 Å². The number of fused-ring (bicyclic) bond motifs is 2. The molecule has 22 heavy (non-hydrogen) atoms. The molecule has 0 saturated carbocycles. The summed E-state index contributed by atoms with van der Waals surface area (Å²) < 4.78 is 6.39. The van der Waals surface area contributed by atoms with Crippen LogP contribution in [0.5, 0.6) is 0 Å². The van der Waals surface area contributed by atoms with Gasteiger partial charge < -0.3 is 4.74 Å². The molecule has 2 aliphatic rings. The van der Waals surface area contributed by atoms with Crippen molar-refractivity contribution in [3.8, 4) is 0 Å². The maximum atomic E-state index is 12.6. The highest BCUT2D eigenvalue weighted by Gasteiger charge is 2.38. The molecule has 7 heteroatoms. The van der Waals surface area contributed by atoms with Crippen LogP contribution >= 0.6 is 22.9 Å². The van der Waals surface area contributed by atoms with Crippen LogP contribution in [0.2, 0.25) is 5.02 Å². The van der Waals surface area contributed by atoms with Gasteiger partial charge in [0.25, 0.3) is 5.91 Å². The molecular weight excluding hydrogens is 322 g/mol. The Kier molecular flexibility index (Phi) is 3.40. The predicted octanol–water partition coefficient (Wildman–Crippen LogP) is 3.39. The van der Waals surface area contributed by atoms with Crippen molar-refractivity contribution < 1.29 is 9.53 Å². The maximum absolute atomic E-state index is 12.6. The van der Waals surface area contributed by atoms with Crippen molar-refractivity contribution in [2.45, 2.75) is 19.8 Å². The Hall–Kier alpha value is -1.50. The average Bonchev–Trinajstić information content (AvgIpc) is 2.92. The van der Waals surface area contributed by atoms with Crippen LogP contribution in [0.1, 0.15) is 18.4 Å².